The second-order valence-corrected chi connectivity index (χ2v) is 10.4. The van der Waals surface area contributed by atoms with E-state index < -0.39 is 20.5 Å². The Hall–Kier alpha value is -2.20. The highest BCUT2D eigenvalue weighted by molar-refractivity contribution is 7.85. The number of nitro benzene ring substituents is 1. The second-order valence-electron chi connectivity index (χ2n) is 8.80. The van der Waals surface area contributed by atoms with Gasteiger partial charge in [0.2, 0.25) is 5.91 Å². The predicted molar refractivity (Wildman–Crippen MR) is 117 cm³/mol. The number of hydrogen-bond donors (Lipinski definition) is 1. The lowest BCUT2D eigenvalue weighted by atomic mass is 9.93. The van der Waals surface area contributed by atoms with E-state index in [9.17, 15) is 23.3 Å². The summed E-state index contributed by atoms with van der Waals surface area (Å²) in [6, 6.07) is -0.305. The van der Waals surface area contributed by atoms with Crippen molar-refractivity contribution in [2.75, 3.05) is 29.6 Å². The Balaban J connectivity index is 2.67. The van der Waals surface area contributed by atoms with Crippen LogP contribution in [-0.2, 0) is 25.5 Å². The number of amides is 1. The first-order valence-electron chi connectivity index (χ1n) is 9.91. The van der Waals surface area contributed by atoms with Crippen molar-refractivity contribution in [3.8, 4) is 0 Å². The minimum atomic E-state index is -3.63. The molecule has 9 nitrogen and oxygen atoms in total. The summed E-state index contributed by atoms with van der Waals surface area (Å²) in [6.07, 6.45) is 2.17. The second kappa shape index (κ2) is 8.50. The van der Waals surface area contributed by atoms with Crippen molar-refractivity contribution in [1.29, 1.82) is 0 Å². The number of hydrogen-bond acceptors (Lipinski definition) is 7. The fraction of sp³-hybridized carbons (Fsp3) is 0.650. The van der Waals surface area contributed by atoms with E-state index in [1.165, 1.54) is 0 Å². The van der Waals surface area contributed by atoms with Crippen molar-refractivity contribution in [3.63, 3.8) is 0 Å². The van der Waals surface area contributed by atoms with Crippen LogP contribution >= 0.6 is 0 Å². The summed E-state index contributed by atoms with van der Waals surface area (Å²) in [4.78, 5) is 26.1. The summed E-state index contributed by atoms with van der Waals surface area (Å²) >= 11 is 0. The number of nitrogens with one attached hydrogen (secondary N) is 1. The molecule has 0 saturated heterocycles. The molecule has 1 aliphatic rings. The average molecular weight is 442 g/mol. The number of nitro groups is 1. The van der Waals surface area contributed by atoms with Gasteiger partial charge >= 0.3 is 0 Å². The van der Waals surface area contributed by atoms with E-state index in [0.29, 0.717) is 29.8 Å². The zero-order valence-corrected chi connectivity index (χ0v) is 19.5. The average Bonchev–Trinajstić information content (AvgIpc) is 2.94. The Bertz CT molecular complexity index is 966. The van der Waals surface area contributed by atoms with Crippen LogP contribution in [0.2, 0.25) is 0 Å². The molecule has 1 heterocycles. The minimum absolute atomic E-state index is 0.0286. The van der Waals surface area contributed by atoms with Crippen molar-refractivity contribution in [1.82, 2.24) is 0 Å². The molecule has 1 atom stereocenters. The van der Waals surface area contributed by atoms with E-state index >= 15 is 0 Å². The zero-order valence-electron chi connectivity index (χ0n) is 18.7. The third-order valence-corrected chi connectivity index (χ3v) is 5.83. The maximum atomic E-state index is 12.8. The molecule has 0 fully saturated rings. The molecule has 0 aromatic heterocycles. The highest BCUT2D eigenvalue weighted by atomic mass is 32.2. The van der Waals surface area contributed by atoms with Gasteiger partial charge in [0.25, 0.3) is 15.8 Å². The lowest BCUT2D eigenvalue weighted by molar-refractivity contribution is -0.386. The third-order valence-electron chi connectivity index (χ3n) is 5.27. The normalized spacial score (nSPS) is 16.5. The van der Waals surface area contributed by atoms with Crippen molar-refractivity contribution in [2.24, 2.45) is 5.41 Å². The molecule has 0 bridgehead atoms. The topological polar surface area (TPSA) is 119 Å². The van der Waals surface area contributed by atoms with E-state index in [0.717, 1.165) is 23.9 Å². The van der Waals surface area contributed by atoms with Crippen molar-refractivity contribution in [3.05, 3.63) is 26.8 Å². The van der Waals surface area contributed by atoms with E-state index in [2.05, 4.69) is 5.32 Å². The summed E-state index contributed by atoms with van der Waals surface area (Å²) in [7, 11) is -3.63. The molecular weight excluding hydrogens is 410 g/mol. The molecular formula is C20H31N3O6S. The van der Waals surface area contributed by atoms with Gasteiger partial charge in [-0.25, -0.2) is 0 Å². The molecule has 1 amide bonds. The number of fused-ring (bicyclic) bond motifs is 1. The van der Waals surface area contributed by atoms with Crippen LogP contribution in [0.25, 0.3) is 0 Å². The summed E-state index contributed by atoms with van der Waals surface area (Å²) in [6.45, 7) is 11.2. The number of carbonyl (C=O) groups excluding carboxylic acids is 1. The first-order chi connectivity index (χ1) is 13.7. The highest BCUT2D eigenvalue weighted by Gasteiger charge is 2.39. The number of nitrogens with zero attached hydrogens (tertiary/aromatic N) is 2. The number of anilines is 2. The molecule has 1 unspecified atom stereocenters. The van der Waals surface area contributed by atoms with Gasteiger partial charge in [-0.1, -0.05) is 27.7 Å². The summed E-state index contributed by atoms with van der Waals surface area (Å²) in [5.74, 6) is -0.252. The van der Waals surface area contributed by atoms with Gasteiger partial charge in [0.05, 0.1) is 40.8 Å². The molecule has 1 aliphatic heterocycles. The lowest BCUT2D eigenvalue weighted by Gasteiger charge is -2.30. The molecule has 0 saturated carbocycles. The van der Waals surface area contributed by atoms with Gasteiger partial charge in [-0.05, 0) is 32.3 Å². The van der Waals surface area contributed by atoms with E-state index in [4.69, 9.17) is 4.18 Å². The van der Waals surface area contributed by atoms with Crippen molar-refractivity contribution >= 4 is 33.1 Å². The van der Waals surface area contributed by atoms with Gasteiger partial charge in [-0.2, -0.15) is 8.42 Å². The Morgan fingerprint density at radius 3 is 2.37 bits per heavy atom. The maximum Gasteiger partial charge on any atom is 0.277 e. The monoisotopic (exact) mass is 441 g/mol. The van der Waals surface area contributed by atoms with Crippen molar-refractivity contribution in [2.45, 2.75) is 60.4 Å². The Labute approximate surface area is 178 Å². The van der Waals surface area contributed by atoms with Gasteiger partial charge in [-0.3, -0.25) is 19.1 Å². The summed E-state index contributed by atoms with van der Waals surface area (Å²) in [5, 5.41) is 14.7. The smallest absolute Gasteiger partial charge is 0.277 e. The summed E-state index contributed by atoms with van der Waals surface area (Å²) in [5.41, 5.74) is 2.08. The van der Waals surface area contributed by atoms with Crippen LogP contribution in [0, 0.1) is 29.4 Å². The van der Waals surface area contributed by atoms with Crippen LogP contribution in [0.4, 0.5) is 17.1 Å². The lowest BCUT2D eigenvalue weighted by Crippen LogP contribution is -2.37. The Kier molecular flexibility index (Phi) is 6.82. The Morgan fingerprint density at radius 1 is 1.30 bits per heavy atom. The van der Waals surface area contributed by atoms with Crippen molar-refractivity contribution < 1.29 is 22.3 Å². The molecule has 10 heteroatoms. The molecule has 2 rings (SSSR count). The van der Waals surface area contributed by atoms with Crippen LogP contribution in [0.1, 0.15) is 50.8 Å². The quantitative estimate of drug-likeness (QED) is 0.392. The first-order valence-corrected chi connectivity index (χ1v) is 11.7. The molecule has 168 valence electrons. The minimum Gasteiger partial charge on any atom is -0.364 e. The fourth-order valence-electron chi connectivity index (χ4n) is 3.76. The largest absolute Gasteiger partial charge is 0.364 e. The van der Waals surface area contributed by atoms with Gasteiger partial charge in [0.15, 0.2) is 0 Å². The fourth-order valence-corrected chi connectivity index (χ4v) is 4.16. The maximum absolute atomic E-state index is 12.8. The molecule has 1 aromatic carbocycles. The van der Waals surface area contributed by atoms with E-state index in [-0.39, 0.29) is 24.2 Å². The van der Waals surface area contributed by atoms with E-state index in [1.54, 1.807) is 34.6 Å². The van der Waals surface area contributed by atoms with Gasteiger partial charge in [-0.15, -0.1) is 0 Å². The van der Waals surface area contributed by atoms with Gasteiger partial charge < -0.3 is 10.2 Å². The van der Waals surface area contributed by atoms with E-state index in [1.807, 2.05) is 11.8 Å². The summed E-state index contributed by atoms with van der Waals surface area (Å²) < 4.78 is 28.1. The van der Waals surface area contributed by atoms with Crippen LogP contribution < -0.4 is 10.2 Å². The van der Waals surface area contributed by atoms with Crippen LogP contribution in [0.5, 0.6) is 0 Å². The number of carbonyl (C=O) groups is 1. The zero-order chi connectivity index (χ0) is 23.0. The van der Waals surface area contributed by atoms with Gasteiger partial charge in [0, 0.05) is 17.5 Å². The first kappa shape index (κ1) is 24.1. The standard InChI is InChI=1S/C20H31N3O6S/c1-8-9-22-14(11-29-30(7,27)28)10-15-12(2)17(23(25)26)13(3)16(18(15)22)21-19(24)20(4,5)6/h14H,8-11H2,1-7H3,(H,21,24). The molecule has 1 aromatic rings. The Morgan fingerprint density at radius 2 is 1.90 bits per heavy atom. The molecule has 0 spiro atoms. The SMILES string of the molecule is CCCN1c2c(c(C)c([N+](=O)[O-])c(C)c2NC(=O)C(C)(C)C)CC1COS(C)(=O)=O. The predicted octanol–water partition coefficient (Wildman–Crippen LogP) is 3.31. The number of rotatable bonds is 7. The highest BCUT2D eigenvalue weighted by Crippen LogP contribution is 2.47. The number of benzene rings is 1. The van der Waals surface area contributed by atoms with Crippen LogP contribution in [0.15, 0.2) is 0 Å². The third kappa shape index (κ3) is 4.92. The van der Waals surface area contributed by atoms with Crippen LogP contribution in [-0.4, -0.2) is 44.7 Å². The molecule has 0 aliphatic carbocycles. The molecule has 30 heavy (non-hydrogen) atoms. The van der Waals surface area contributed by atoms with Crippen LogP contribution in [0.3, 0.4) is 0 Å². The molecule has 1 N–H and O–H groups in total. The van der Waals surface area contributed by atoms with Gasteiger partial charge in [0.1, 0.15) is 0 Å². The molecule has 0 radical (unpaired) electrons.